The molecule has 37 heavy (non-hydrogen) atoms. The van der Waals surface area contributed by atoms with Gasteiger partial charge < -0.3 is 29.9 Å². The third-order valence-corrected chi connectivity index (χ3v) is 6.50. The Balaban J connectivity index is 1.93. The number of ether oxygens (including phenoxy) is 2. The van der Waals surface area contributed by atoms with E-state index in [2.05, 4.69) is 17.6 Å². The van der Waals surface area contributed by atoms with E-state index in [4.69, 9.17) is 9.47 Å². The maximum Gasteiger partial charge on any atom is 0.255 e. The monoisotopic (exact) mass is 516 g/mol. The summed E-state index contributed by atoms with van der Waals surface area (Å²) in [7, 11) is 0. The van der Waals surface area contributed by atoms with Gasteiger partial charge in [0.1, 0.15) is 24.4 Å². The van der Waals surface area contributed by atoms with E-state index in [-0.39, 0.29) is 36.3 Å². The fourth-order valence-electron chi connectivity index (χ4n) is 4.52. The number of amides is 4. The molecule has 2 N–H and O–H groups in total. The summed E-state index contributed by atoms with van der Waals surface area (Å²) in [5, 5.41) is 5.61. The lowest BCUT2D eigenvalue weighted by Gasteiger charge is -2.32. The van der Waals surface area contributed by atoms with Crippen molar-refractivity contribution in [1.29, 1.82) is 0 Å². The van der Waals surface area contributed by atoms with Gasteiger partial charge in [0, 0.05) is 19.6 Å². The standard InChI is InChI=1S/C27H40N4O6/c1-4-5-10-30-13-16-37-23-9-7-6-8-20(23)25(33)29-22(27(35)31-11-14-36-15-12-31)18-24(32)28-21(26(30)34)17-19(2)3/h6-9,19,21-22H,4-5,10-18H2,1-3H3,(H,28,32)(H,29,33)/t21-,22-/m0/s1. The summed E-state index contributed by atoms with van der Waals surface area (Å²) in [4.78, 5) is 56.7. The third-order valence-electron chi connectivity index (χ3n) is 6.50. The number of nitrogens with one attached hydrogen (secondary N) is 2. The maximum atomic E-state index is 13.6. The van der Waals surface area contributed by atoms with Gasteiger partial charge in [0.05, 0.1) is 31.7 Å². The number of benzene rings is 1. The molecule has 204 valence electrons. The van der Waals surface area contributed by atoms with E-state index in [0.29, 0.717) is 51.6 Å². The molecule has 0 saturated carbocycles. The number of carbonyl (C=O) groups is 4. The molecule has 10 nitrogen and oxygen atoms in total. The molecule has 10 heteroatoms. The molecule has 0 aliphatic carbocycles. The van der Waals surface area contributed by atoms with Crippen molar-refractivity contribution in [1.82, 2.24) is 20.4 Å². The largest absolute Gasteiger partial charge is 0.491 e. The van der Waals surface area contributed by atoms with Crippen molar-refractivity contribution < 1.29 is 28.7 Å². The van der Waals surface area contributed by atoms with E-state index in [9.17, 15) is 19.2 Å². The molecule has 0 aromatic heterocycles. The summed E-state index contributed by atoms with van der Waals surface area (Å²) in [5.41, 5.74) is 0.267. The Hall–Kier alpha value is -3.14. The molecule has 0 unspecified atom stereocenters. The Morgan fingerprint density at radius 2 is 1.78 bits per heavy atom. The first-order chi connectivity index (χ1) is 17.8. The first kappa shape index (κ1) is 28.4. The van der Waals surface area contributed by atoms with Gasteiger partial charge in [-0.1, -0.05) is 39.3 Å². The van der Waals surface area contributed by atoms with Crippen LogP contribution in [-0.4, -0.2) is 91.5 Å². The normalized spacial score (nSPS) is 22.0. The van der Waals surface area contributed by atoms with Gasteiger partial charge in [-0.15, -0.1) is 0 Å². The summed E-state index contributed by atoms with van der Waals surface area (Å²) in [6, 6.07) is 4.96. The van der Waals surface area contributed by atoms with Gasteiger partial charge in [-0.05, 0) is 30.9 Å². The SMILES string of the molecule is CCCCN1CCOc2ccccc2C(=O)N[C@H](C(=O)N2CCOCC2)CC(=O)N[C@@H](CC(C)C)C1=O. The number of fused-ring (bicyclic) bond motifs is 1. The zero-order valence-corrected chi connectivity index (χ0v) is 22.2. The second kappa shape index (κ2) is 14.0. The average Bonchev–Trinajstić information content (AvgIpc) is 2.89. The van der Waals surface area contributed by atoms with Gasteiger partial charge in [-0.3, -0.25) is 19.2 Å². The van der Waals surface area contributed by atoms with Gasteiger partial charge in [-0.2, -0.15) is 0 Å². The summed E-state index contributed by atoms with van der Waals surface area (Å²) in [6.45, 7) is 8.67. The lowest BCUT2D eigenvalue weighted by Crippen LogP contribution is -2.55. The van der Waals surface area contributed by atoms with E-state index < -0.39 is 23.9 Å². The van der Waals surface area contributed by atoms with E-state index >= 15 is 0 Å². The predicted molar refractivity (Wildman–Crippen MR) is 138 cm³/mol. The Kier molecular flexibility index (Phi) is 10.7. The molecule has 1 saturated heterocycles. The summed E-state index contributed by atoms with van der Waals surface area (Å²) in [6.07, 6.45) is 1.93. The number of nitrogens with zero attached hydrogens (tertiary/aromatic N) is 2. The van der Waals surface area contributed by atoms with Crippen LogP contribution in [0.1, 0.15) is 56.8 Å². The summed E-state index contributed by atoms with van der Waals surface area (Å²) < 4.78 is 11.3. The van der Waals surface area contributed by atoms with Crippen LogP contribution < -0.4 is 15.4 Å². The molecule has 0 bridgehead atoms. The minimum absolute atomic E-state index is 0.162. The van der Waals surface area contributed by atoms with E-state index in [1.54, 1.807) is 34.1 Å². The predicted octanol–water partition coefficient (Wildman–Crippen LogP) is 1.59. The highest BCUT2D eigenvalue weighted by molar-refractivity contribution is 6.01. The van der Waals surface area contributed by atoms with Crippen LogP contribution in [0.25, 0.3) is 0 Å². The van der Waals surface area contributed by atoms with Crippen LogP contribution in [0.4, 0.5) is 0 Å². The number of hydrogen-bond acceptors (Lipinski definition) is 6. The average molecular weight is 517 g/mol. The number of para-hydroxylation sites is 1. The molecule has 3 rings (SSSR count). The summed E-state index contributed by atoms with van der Waals surface area (Å²) >= 11 is 0. The molecular formula is C27H40N4O6. The molecule has 0 radical (unpaired) electrons. The number of carbonyl (C=O) groups excluding carboxylic acids is 4. The van der Waals surface area contributed by atoms with E-state index in [1.165, 1.54) is 0 Å². The van der Waals surface area contributed by atoms with Crippen LogP contribution in [0.2, 0.25) is 0 Å². The topological polar surface area (TPSA) is 117 Å². The minimum atomic E-state index is -1.09. The number of unbranched alkanes of at least 4 members (excludes halogenated alkanes) is 1. The Bertz CT molecular complexity index is 947. The quantitative estimate of drug-likeness (QED) is 0.593. The van der Waals surface area contributed by atoms with Gasteiger partial charge in [-0.25, -0.2) is 0 Å². The van der Waals surface area contributed by atoms with E-state index in [0.717, 1.165) is 12.8 Å². The molecule has 1 fully saturated rings. The van der Waals surface area contributed by atoms with Crippen LogP contribution in [0.5, 0.6) is 5.75 Å². The molecule has 0 spiro atoms. The van der Waals surface area contributed by atoms with E-state index in [1.807, 2.05) is 13.8 Å². The summed E-state index contributed by atoms with van der Waals surface area (Å²) in [5.74, 6) is -0.943. The second-order valence-corrected chi connectivity index (χ2v) is 9.94. The molecule has 2 aliphatic rings. The Morgan fingerprint density at radius 1 is 1.05 bits per heavy atom. The molecule has 4 amide bonds. The van der Waals surface area contributed by atoms with Crippen LogP contribution in [0.15, 0.2) is 24.3 Å². The van der Waals surface area contributed by atoms with Crippen LogP contribution in [0.3, 0.4) is 0 Å². The van der Waals surface area contributed by atoms with Crippen LogP contribution >= 0.6 is 0 Å². The van der Waals surface area contributed by atoms with Crippen molar-refractivity contribution in [3.05, 3.63) is 29.8 Å². The molecule has 2 atom stereocenters. The van der Waals surface area contributed by atoms with Gasteiger partial charge >= 0.3 is 0 Å². The third kappa shape index (κ3) is 8.18. The molecule has 2 heterocycles. The van der Waals surface area contributed by atoms with Crippen LogP contribution in [0, 0.1) is 5.92 Å². The van der Waals surface area contributed by atoms with Gasteiger partial charge in [0.25, 0.3) is 5.91 Å². The molecule has 1 aromatic carbocycles. The lowest BCUT2D eigenvalue weighted by atomic mass is 10.0. The zero-order chi connectivity index (χ0) is 26.8. The fraction of sp³-hybridized carbons (Fsp3) is 0.630. The Labute approximate surface area is 219 Å². The van der Waals surface area contributed by atoms with Crippen molar-refractivity contribution >= 4 is 23.6 Å². The highest BCUT2D eigenvalue weighted by atomic mass is 16.5. The minimum Gasteiger partial charge on any atom is -0.491 e. The lowest BCUT2D eigenvalue weighted by molar-refractivity contribution is -0.140. The van der Waals surface area contributed by atoms with Gasteiger partial charge in [0.15, 0.2) is 0 Å². The van der Waals surface area contributed by atoms with Crippen molar-refractivity contribution in [2.24, 2.45) is 5.92 Å². The maximum absolute atomic E-state index is 13.6. The fourth-order valence-corrected chi connectivity index (χ4v) is 4.52. The molecule has 2 aliphatic heterocycles. The number of morpholine rings is 1. The van der Waals surface area contributed by atoms with Crippen molar-refractivity contribution in [3.63, 3.8) is 0 Å². The zero-order valence-electron chi connectivity index (χ0n) is 22.2. The number of rotatable bonds is 6. The second-order valence-electron chi connectivity index (χ2n) is 9.94. The highest BCUT2D eigenvalue weighted by Gasteiger charge is 2.33. The first-order valence-corrected chi connectivity index (χ1v) is 13.3. The highest BCUT2D eigenvalue weighted by Crippen LogP contribution is 2.19. The first-order valence-electron chi connectivity index (χ1n) is 13.3. The smallest absolute Gasteiger partial charge is 0.255 e. The Morgan fingerprint density at radius 3 is 2.49 bits per heavy atom. The number of hydrogen-bond donors (Lipinski definition) is 2. The van der Waals surface area contributed by atoms with Crippen molar-refractivity contribution in [3.8, 4) is 5.75 Å². The van der Waals surface area contributed by atoms with Gasteiger partial charge in [0.2, 0.25) is 17.7 Å². The molecular weight excluding hydrogens is 476 g/mol. The van der Waals surface area contributed by atoms with Crippen molar-refractivity contribution in [2.75, 3.05) is 46.0 Å². The van der Waals surface area contributed by atoms with Crippen LogP contribution in [-0.2, 0) is 19.1 Å². The van der Waals surface area contributed by atoms with Crippen molar-refractivity contribution in [2.45, 2.75) is 58.5 Å². The molecule has 1 aromatic rings.